The maximum absolute atomic E-state index is 10.5. The number of hydrogen-bond acceptors (Lipinski definition) is 3. The summed E-state index contributed by atoms with van der Waals surface area (Å²) in [6, 6.07) is 0. The van der Waals surface area contributed by atoms with Crippen LogP contribution in [0.5, 0.6) is 0 Å². The number of carbonyl (C=O) groups is 1. The molecular formula is C9H18N2O2. The molecule has 0 fully saturated rings. The Morgan fingerprint density at radius 2 is 1.85 bits per heavy atom. The van der Waals surface area contributed by atoms with Gasteiger partial charge in [0.25, 0.3) is 0 Å². The molecule has 0 aromatic carbocycles. The molecule has 0 bridgehead atoms. The average Bonchev–Trinajstić information content (AvgIpc) is 2.05. The van der Waals surface area contributed by atoms with E-state index in [2.05, 4.69) is 17.2 Å². The van der Waals surface area contributed by atoms with Crippen molar-refractivity contribution >= 4 is 5.97 Å². The number of rotatable bonds is 7. The monoisotopic (exact) mass is 186 g/mol. The SMILES string of the molecule is C=C(CC(NCC)NCC)C(=O)O. The first-order valence-electron chi connectivity index (χ1n) is 4.49. The van der Waals surface area contributed by atoms with Gasteiger partial charge < -0.3 is 15.7 Å². The molecule has 0 unspecified atom stereocenters. The van der Waals surface area contributed by atoms with Crippen LogP contribution in [0.15, 0.2) is 12.2 Å². The summed E-state index contributed by atoms with van der Waals surface area (Å²) in [6.45, 7) is 9.06. The van der Waals surface area contributed by atoms with E-state index < -0.39 is 5.97 Å². The van der Waals surface area contributed by atoms with Crippen molar-refractivity contribution in [2.75, 3.05) is 13.1 Å². The van der Waals surface area contributed by atoms with Crippen LogP contribution in [-0.2, 0) is 4.79 Å². The predicted octanol–water partition coefficient (Wildman–Crippen LogP) is 0.562. The molecule has 0 aliphatic heterocycles. The molecule has 0 radical (unpaired) electrons. The highest BCUT2D eigenvalue weighted by Crippen LogP contribution is 2.00. The highest BCUT2D eigenvalue weighted by atomic mass is 16.4. The normalized spacial score (nSPS) is 10.4. The summed E-state index contributed by atoms with van der Waals surface area (Å²) < 4.78 is 0. The quantitative estimate of drug-likeness (QED) is 0.401. The summed E-state index contributed by atoms with van der Waals surface area (Å²) in [5.41, 5.74) is 0.229. The molecule has 4 nitrogen and oxygen atoms in total. The van der Waals surface area contributed by atoms with Crippen LogP contribution in [0.1, 0.15) is 20.3 Å². The highest BCUT2D eigenvalue weighted by molar-refractivity contribution is 5.85. The van der Waals surface area contributed by atoms with Gasteiger partial charge in [0.2, 0.25) is 0 Å². The predicted molar refractivity (Wildman–Crippen MR) is 52.5 cm³/mol. The Morgan fingerprint density at radius 3 is 2.15 bits per heavy atom. The fraction of sp³-hybridized carbons (Fsp3) is 0.667. The van der Waals surface area contributed by atoms with E-state index in [-0.39, 0.29) is 11.7 Å². The Bertz CT molecular complexity index is 174. The molecule has 13 heavy (non-hydrogen) atoms. The largest absolute Gasteiger partial charge is 0.478 e. The first-order valence-corrected chi connectivity index (χ1v) is 4.49. The van der Waals surface area contributed by atoms with Gasteiger partial charge in [0.15, 0.2) is 0 Å². The van der Waals surface area contributed by atoms with Gasteiger partial charge in [0.1, 0.15) is 0 Å². The van der Waals surface area contributed by atoms with Gasteiger partial charge >= 0.3 is 5.97 Å². The lowest BCUT2D eigenvalue weighted by Gasteiger charge is -2.18. The third-order valence-corrected chi connectivity index (χ3v) is 1.65. The van der Waals surface area contributed by atoms with E-state index in [9.17, 15) is 4.79 Å². The maximum atomic E-state index is 10.5. The molecule has 3 N–H and O–H groups in total. The zero-order valence-electron chi connectivity index (χ0n) is 8.26. The van der Waals surface area contributed by atoms with E-state index in [1.807, 2.05) is 13.8 Å². The second-order valence-corrected chi connectivity index (χ2v) is 2.78. The standard InChI is InChI=1S/C9H18N2O2/c1-4-10-8(11-5-2)6-7(3)9(12)13/h8,10-11H,3-6H2,1-2H3,(H,12,13). The summed E-state index contributed by atoms with van der Waals surface area (Å²) in [7, 11) is 0. The molecule has 0 aliphatic carbocycles. The summed E-state index contributed by atoms with van der Waals surface area (Å²) >= 11 is 0. The second kappa shape index (κ2) is 6.62. The minimum Gasteiger partial charge on any atom is -0.478 e. The molecule has 0 aromatic rings. The van der Waals surface area contributed by atoms with Crippen LogP contribution >= 0.6 is 0 Å². The molecule has 0 rings (SSSR count). The average molecular weight is 186 g/mol. The van der Waals surface area contributed by atoms with Crippen LogP contribution in [-0.4, -0.2) is 30.3 Å². The van der Waals surface area contributed by atoms with E-state index in [1.165, 1.54) is 0 Å². The zero-order valence-corrected chi connectivity index (χ0v) is 8.26. The molecule has 0 atom stereocenters. The number of hydrogen-bond donors (Lipinski definition) is 3. The van der Waals surface area contributed by atoms with Crippen molar-refractivity contribution in [2.45, 2.75) is 26.4 Å². The molecule has 0 heterocycles. The number of nitrogens with one attached hydrogen (secondary N) is 2. The maximum Gasteiger partial charge on any atom is 0.331 e. The fourth-order valence-electron chi connectivity index (χ4n) is 1.04. The van der Waals surface area contributed by atoms with Crippen molar-refractivity contribution in [1.82, 2.24) is 10.6 Å². The number of aliphatic carboxylic acids is 1. The number of carboxylic acids is 1. The molecule has 4 heteroatoms. The third-order valence-electron chi connectivity index (χ3n) is 1.65. The summed E-state index contributed by atoms with van der Waals surface area (Å²) in [6.07, 6.45) is 0.440. The van der Waals surface area contributed by atoms with Gasteiger partial charge in [-0.1, -0.05) is 20.4 Å². The summed E-state index contributed by atoms with van der Waals surface area (Å²) in [5, 5.41) is 14.9. The van der Waals surface area contributed by atoms with Crippen molar-refractivity contribution in [1.29, 1.82) is 0 Å². The van der Waals surface area contributed by atoms with Crippen molar-refractivity contribution < 1.29 is 9.90 Å². The Balaban J connectivity index is 3.93. The molecule has 0 aromatic heterocycles. The third kappa shape index (κ3) is 5.38. The van der Waals surface area contributed by atoms with Crippen LogP contribution in [0.2, 0.25) is 0 Å². The van der Waals surface area contributed by atoms with Gasteiger partial charge in [-0.05, 0) is 13.1 Å². The first-order chi connectivity index (χ1) is 6.11. The van der Waals surface area contributed by atoms with Crippen molar-refractivity contribution in [2.24, 2.45) is 0 Å². The summed E-state index contributed by atoms with van der Waals surface area (Å²) in [4.78, 5) is 10.5. The lowest BCUT2D eigenvalue weighted by Crippen LogP contribution is -2.42. The van der Waals surface area contributed by atoms with Gasteiger partial charge in [-0.2, -0.15) is 0 Å². The van der Waals surface area contributed by atoms with Crippen LogP contribution in [0.4, 0.5) is 0 Å². The van der Waals surface area contributed by atoms with E-state index in [1.54, 1.807) is 0 Å². The van der Waals surface area contributed by atoms with Gasteiger partial charge in [0.05, 0.1) is 6.17 Å². The molecule has 76 valence electrons. The van der Waals surface area contributed by atoms with E-state index in [4.69, 9.17) is 5.11 Å². The van der Waals surface area contributed by atoms with Crippen molar-refractivity contribution in [3.8, 4) is 0 Å². The summed E-state index contributed by atoms with van der Waals surface area (Å²) in [5.74, 6) is -0.930. The highest BCUT2D eigenvalue weighted by Gasteiger charge is 2.11. The van der Waals surface area contributed by atoms with Gasteiger partial charge in [-0.3, -0.25) is 0 Å². The molecule has 0 spiro atoms. The van der Waals surface area contributed by atoms with Crippen molar-refractivity contribution in [3.63, 3.8) is 0 Å². The smallest absolute Gasteiger partial charge is 0.331 e. The van der Waals surface area contributed by atoms with Gasteiger partial charge in [0, 0.05) is 12.0 Å². The van der Waals surface area contributed by atoms with Gasteiger partial charge in [-0.15, -0.1) is 0 Å². The fourth-order valence-corrected chi connectivity index (χ4v) is 1.04. The Morgan fingerprint density at radius 1 is 1.38 bits per heavy atom. The Labute approximate surface area is 79.0 Å². The molecule has 0 amide bonds. The second-order valence-electron chi connectivity index (χ2n) is 2.78. The molecule has 0 saturated carbocycles. The van der Waals surface area contributed by atoms with Crippen LogP contribution in [0, 0.1) is 0 Å². The Kier molecular flexibility index (Phi) is 6.18. The molecule has 0 saturated heterocycles. The van der Waals surface area contributed by atoms with E-state index in [0.717, 1.165) is 13.1 Å². The zero-order chi connectivity index (χ0) is 10.3. The molecular weight excluding hydrogens is 168 g/mol. The molecule has 0 aliphatic rings. The van der Waals surface area contributed by atoms with Crippen LogP contribution in [0.25, 0.3) is 0 Å². The number of carboxylic acid groups (broad SMARTS) is 1. The van der Waals surface area contributed by atoms with E-state index >= 15 is 0 Å². The lowest BCUT2D eigenvalue weighted by atomic mass is 10.2. The van der Waals surface area contributed by atoms with Crippen LogP contribution in [0.3, 0.4) is 0 Å². The first kappa shape index (κ1) is 12.1. The topological polar surface area (TPSA) is 61.4 Å². The minimum atomic E-state index is -0.930. The van der Waals surface area contributed by atoms with Crippen LogP contribution < -0.4 is 10.6 Å². The minimum absolute atomic E-state index is 0.0126. The van der Waals surface area contributed by atoms with E-state index in [0.29, 0.717) is 6.42 Å². The van der Waals surface area contributed by atoms with Crippen molar-refractivity contribution in [3.05, 3.63) is 12.2 Å². The van der Waals surface area contributed by atoms with Gasteiger partial charge in [-0.25, -0.2) is 4.79 Å². The Hall–Kier alpha value is -0.870. The lowest BCUT2D eigenvalue weighted by molar-refractivity contribution is -0.132.